The van der Waals surface area contributed by atoms with Crippen molar-refractivity contribution in [1.29, 1.82) is 0 Å². The number of ether oxygens (including phenoxy) is 3. The predicted octanol–water partition coefficient (Wildman–Crippen LogP) is 2.33. The minimum Gasteiger partial charge on any atom is -0.486 e. The third-order valence-electron chi connectivity index (χ3n) is 3.57. The number of aromatic nitrogens is 1. The molecule has 0 saturated carbocycles. The fourth-order valence-corrected chi connectivity index (χ4v) is 2.32. The number of nitrogens with zero attached hydrogens (tertiary/aromatic N) is 1. The smallest absolute Gasteiger partial charge is 0.339 e. The van der Waals surface area contributed by atoms with Gasteiger partial charge < -0.3 is 24.1 Å². The molecule has 25 heavy (non-hydrogen) atoms. The van der Waals surface area contributed by atoms with Crippen LogP contribution in [0, 0.1) is 6.92 Å². The number of carbonyl (C=O) groups excluding carboxylic acids is 2. The number of rotatable bonds is 5. The van der Waals surface area contributed by atoms with Crippen molar-refractivity contribution in [2.45, 2.75) is 26.4 Å². The first kappa shape index (κ1) is 16.8. The van der Waals surface area contributed by atoms with Crippen LogP contribution in [-0.2, 0) is 9.53 Å². The number of hydrogen-bond acceptors (Lipinski definition) is 7. The molecule has 132 valence electrons. The quantitative estimate of drug-likeness (QED) is 0.829. The topological polar surface area (TPSA) is 99.9 Å². The normalized spacial score (nSPS) is 13.8. The number of fused-ring (bicyclic) bond motifs is 1. The Labute approximate surface area is 144 Å². The molecule has 0 aliphatic carbocycles. The third kappa shape index (κ3) is 3.90. The first-order valence-electron chi connectivity index (χ1n) is 7.91. The van der Waals surface area contributed by atoms with Gasteiger partial charge in [-0.1, -0.05) is 12.1 Å². The molecular weight excluding hydrogens is 328 g/mol. The monoisotopic (exact) mass is 346 g/mol. The van der Waals surface area contributed by atoms with Gasteiger partial charge in [-0.25, -0.2) is 4.79 Å². The van der Waals surface area contributed by atoms with Crippen LogP contribution in [0.2, 0.25) is 0 Å². The molecule has 0 saturated heterocycles. The van der Waals surface area contributed by atoms with Crippen LogP contribution in [0.1, 0.15) is 29.5 Å². The minimum absolute atomic E-state index is 0.274. The van der Waals surface area contributed by atoms with Crippen molar-refractivity contribution in [1.82, 2.24) is 5.16 Å². The summed E-state index contributed by atoms with van der Waals surface area (Å²) >= 11 is 0. The van der Waals surface area contributed by atoms with Crippen LogP contribution in [-0.4, -0.2) is 36.4 Å². The lowest BCUT2D eigenvalue weighted by atomic mass is 10.2. The Hall–Kier alpha value is -3.03. The highest BCUT2D eigenvalue weighted by Crippen LogP contribution is 2.31. The van der Waals surface area contributed by atoms with Crippen molar-refractivity contribution in [2.24, 2.45) is 0 Å². The van der Waals surface area contributed by atoms with Crippen molar-refractivity contribution in [2.75, 3.05) is 18.5 Å². The van der Waals surface area contributed by atoms with Gasteiger partial charge >= 0.3 is 5.97 Å². The van der Waals surface area contributed by atoms with E-state index in [9.17, 15) is 9.59 Å². The maximum absolute atomic E-state index is 12.3. The van der Waals surface area contributed by atoms with Gasteiger partial charge in [0, 0.05) is 6.07 Å². The predicted molar refractivity (Wildman–Crippen MR) is 86.8 cm³/mol. The van der Waals surface area contributed by atoms with E-state index in [2.05, 4.69) is 10.5 Å². The van der Waals surface area contributed by atoms with Crippen LogP contribution in [0.5, 0.6) is 11.5 Å². The molecule has 8 heteroatoms. The molecule has 0 fully saturated rings. The number of esters is 1. The van der Waals surface area contributed by atoms with Gasteiger partial charge in [-0.05, 0) is 31.5 Å². The number of benzene rings is 1. The van der Waals surface area contributed by atoms with E-state index in [0.717, 1.165) is 0 Å². The zero-order chi connectivity index (χ0) is 17.8. The van der Waals surface area contributed by atoms with E-state index < -0.39 is 18.0 Å². The summed E-state index contributed by atoms with van der Waals surface area (Å²) in [6, 6.07) is 6.33. The molecule has 1 aromatic carbocycles. The van der Waals surface area contributed by atoms with E-state index >= 15 is 0 Å². The van der Waals surface area contributed by atoms with Gasteiger partial charge in [0.2, 0.25) is 0 Å². The van der Waals surface area contributed by atoms with Crippen molar-refractivity contribution in [3.8, 4) is 11.5 Å². The second-order valence-corrected chi connectivity index (χ2v) is 5.47. The zero-order valence-corrected chi connectivity index (χ0v) is 13.9. The summed E-state index contributed by atoms with van der Waals surface area (Å²) in [4.78, 5) is 24.6. The number of anilines is 1. The summed E-state index contributed by atoms with van der Waals surface area (Å²) in [6.45, 7) is 4.34. The number of nitrogens with one attached hydrogen (secondary N) is 1. The highest BCUT2D eigenvalue weighted by molar-refractivity contribution is 5.97. The Balaban J connectivity index is 1.66. The summed E-state index contributed by atoms with van der Waals surface area (Å²) in [7, 11) is 0. The lowest BCUT2D eigenvalue weighted by Crippen LogP contribution is -2.32. The third-order valence-corrected chi connectivity index (χ3v) is 3.57. The fraction of sp³-hybridized carbons (Fsp3) is 0.353. The SMILES string of the molecule is CC[C@@H](OC(=O)c1ccc2c(c1)OCCO2)C(=O)Nc1cc(C)on1. The largest absolute Gasteiger partial charge is 0.486 e. The van der Waals surface area contributed by atoms with Crippen LogP contribution < -0.4 is 14.8 Å². The molecule has 3 rings (SSSR count). The van der Waals surface area contributed by atoms with Crippen molar-refractivity contribution < 1.29 is 28.3 Å². The van der Waals surface area contributed by atoms with Gasteiger partial charge in [-0.2, -0.15) is 0 Å². The van der Waals surface area contributed by atoms with Gasteiger partial charge in [0.15, 0.2) is 23.4 Å². The molecule has 1 N–H and O–H groups in total. The maximum atomic E-state index is 12.3. The van der Waals surface area contributed by atoms with Gasteiger partial charge in [0.25, 0.3) is 5.91 Å². The number of carbonyl (C=O) groups is 2. The highest BCUT2D eigenvalue weighted by Gasteiger charge is 2.24. The van der Waals surface area contributed by atoms with E-state index in [-0.39, 0.29) is 11.4 Å². The lowest BCUT2D eigenvalue weighted by molar-refractivity contribution is -0.124. The summed E-state index contributed by atoms with van der Waals surface area (Å²) in [5.74, 6) is 0.815. The Morgan fingerprint density at radius 1 is 1.24 bits per heavy atom. The number of hydrogen-bond donors (Lipinski definition) is 1. The molecule has 8 nitrogen and oxygen atoms in total. The van der Waals surface area contributed by atoms with Crippen molar-refractivity contribution >= 4 is 17.7 Å². The van der Waals surface area contributed by atoms with Crippen molar-refractivity contribution in [3.63, 3.8) is 0 Å². The maximum Gasteiger partial charge on any atom is 0.339 e. The van der Waals surface area contributed by atoms with Crippen LogP contribution in [0.4, 0.5) is 5.82 Å². The second-order valence-electron chi connectivity index (χ2n) is 5.47. The summed E-state index contributed by atoms with van der Waals surface area (Å²) < 4.78 is 21.0. The first-order chi connectivity index (χ1) is 12.1. The summed E-state index contributed by atoms with van der Waals surface area (Å²) in [6.07, 6.45) is -0.628. The van der Waals surface area contributed by atoms with Gasteiger partial charge in [-0.15, -0.1) is 0 Å². The summed E-state index contributed by atoms with van der Waals surface area (Å²) in [5.41, 5.74) is 0.285. The van der Waals surface area contributed by atoms with E-state index in [0.29, 0.717) is 36.9 Å². The van der Waals surface area contributed by atoms with Gasteiger partial charge in [-0.3, -0.25) is 4.79 Å². The van der Waals surface area contributed by atoms with E-state index in [1.807, 2.05) is 0 Å². The van der Waals surface area contributed by atoms with E-state index in [1.54, 1.807) is 38.1 Å². The molecule has 0 spiro atoms. The minimum atomic E-state index is -0.947. The molecular formula is C17H18N2O6. The Morgan fingerprint density at radius 2 is 2.00 bits per heavy atom. The highest BCUT2D eigenvalue weighted by atomic mass is 16.6. The molecule has 1 amide bonds. The van der Waals surface area contributed by atoms with Gasteiger partial charge in [0.05, 0.1) is 5.56 Å². The average molecular weight is 346 g/mol. The van der Waals surface area contributed by atoms with Crippen LogP contribution >= 0.6 is 0 Å². The zero-order valence-electron chi connectivity index (χ0n) is 13.9. The molecule has 2 heterocycles. The van der Waals surface area contributed by atoms with Crippen LogP contribution in [0.15, 0.2) is 28.8 Å². The van der Waals surface area contributed by atoms with E-state index in [4.69, 9.17) is 18.7 Å². The Kier molecular flexibility index (Phi) is 4.87. The first-order valence-corrected chi connectivity index (χ1v) is 7.91. The Morgan fingerprint density at radius 3 is 2.68 bits per heavy atom. The number of amides is 1. The molecule has 1 aliphatic heterocycles. The summed E-state index contributed by atoms with van der Waals surface area (Å²) in [5, 5.41) is 6.23. The molecule has 1 aromatic heterocycles. The van der Waals surface area contributed by atoms with Crippen molar-refractivity contribution in [3.05, 3.63) is 35.6 Å². The standard InChI is InChI=1S/C17H18N2O6/c1-3-12(16(20)18-15-8-10(2)25-19-15)24-17(21)11-4-5-13-14(9-11)23-7-6-22-13/h4-5,8-9,12H,3,6-7H2,1-2H3,(H,18,19,20)/t12-/m1/s1. The van der Waals surface area contributed by atoms with Crippen LogP contribution in [0.3, 0.4) is 0 Å². The van der Waals surface area contributed by atoms with Gasteiger partial charge in [0.1, 0.15) is 19.0 Å². The second kappa shape index (κ2) is 7.25. The van der Waals surface area contributed by atoms with E-state index in [1.165, 1.54) is 0 Å². The Bertz CT molecular complexity index is 785. The van der Waals surface area contributed by atoms with Crippen LogP contribution in [0.25, 0.3) is 0 Å². The molecule has 0 radical (unpaired) electrons. The molecule has 1 aliphatic rings. The number of aryl methyl sites for hydroxylation is 1. The molecule has 0 bridgehead atoms. The molecule has 0 unspecified atom stereocenters. The molecule has 2 aromatic rings. The lowest BCUT2D eigenvalue weighted by Gasteiger charge is -2.19. The fourth-order valence-electron chi connectivity index (χ4n) is 2.32. The average Bonchev–Trinajstić information content (AvgIpc) is 3.03. The molecule has 1 atom stereocenters.